The van der Waals surface area contributed by atoms with Crippen LogP contribution in [0.2, 0.25) is 0 Å². The van der Waals surface area contributed by atoms with Crippen LogP contribution >= 0.6 is 0 Å². The minimum absolute atomic E-state index is 0.0532. The normalized spacial score (nSPS) is 22.6. The van der Waals surface area contributed by atoms with Crippen LogP contribution in [0.25, 0.3) is 6.08 Å². The minimum atomic E-state index is 0.0532. The molecule has 0 saturated carbocycles. The van der Waals surface area contributed by atoms with Crippen LogP contribution in [0.4, 0.5) is 5.69 Å². The van der Waals surface area contributed by atoms with Gasteiger partial charge >= 0.3 is 0 Å². The first kappa shape index (κ1) is 16.0. The molecule has 1 atom stereocenters. The number of nitrogens with two attached hydrogens (primary N) is 1. The lowest BCUT2D eigenvalue weighted by atomic mass is 10.1. The highest BCUT2D eigenvalue weighted by Crippen LogP contribution is 2.17. The highest BCUT2D eigenvalue weighted by atomic mass is 16.5. The molecular weight excluding hydrogens is 290 g/mol. The molecule has 2 N–H and O–H groups in total. The quantitative estimate of drug-likeness (QED) is 0.859. The van der Waals surface area contributed by atoms with E-state index in [1.54, 1.807) is 6.08 Å². The van der Waals surface area contributed by atoms with E-state index >= 15 is 0 Å². The van der Waals surface area contributed by atoms with Crippen LogP contribution in [0.5, 0.6) is 0 Å². The molecule has 5 nitrogen and oxygen atoms in total. The third kappa shape index (κ3) is 4.33. The van der Waals surface area contributed by atoms with Crippen molar-refractivity contribution >= 4 is 17.7 Å². The first-order valence-corrected chi connectivity index (χ1v) is 8.38. The van der Waals surface area contributed by atoms with Gasteiger partial charge in [-0.05, 0) is 36.6 Å². The van der Waals surface area contributed by atoms with E-state index in [2.05, 4.69) is 29.2 Å². The molecule has 1 aromatic rings. The zero-order valence-electron chi connectivity index (χ0n) is 13.5. The van der Waals surface area contributed by atoms with Crippen molar-refractivity contribution in [2.75, 3.05) is 44.3 Å². The molecule has 2 aliphatic heterocycles. The first-order chi connectivity index (χ1) is 11.2. The zero-order chi connectivity index (χ0) is 16.1. The van der Waals surface area contributed by atoms with E-state index in [0.29, 0.717) is 6.54 Å². The molecule has 23 heavy (non-hydrogen) atoms. The molecular formula is C18H25N3O2. The molecule has 0 spiro atoms. The molecule has 1 aromatic carbocycles. The average Bonchev–Trinajstić information content (AvgIpc) is 2.61. The summed E-state index contributed by atoms with van der Waals surface area (Å²) in [5, 5.41) is 0. The second-order valence-electron chi connectivity index (χ2n) is 6.21. The SMILES string of the molecule is NC1CCCN(C(=O)/C=C/c2ccc(N3CCOCC3)cc2)C1. The minimum Gasteiger partial charge on any atom is -0.378 e. The number of hydrogen-bond donors (Lipinski definition) is 1. The third-order valence-electron chi connectivity index (χ3n) is 4.46. The molecule has 2 saturated heterocycles. The van der Waals surface area contributed by atoms with Crippen molar-refractivity contribution in [2.45, 2.75) is 18.9 Å². The number of benzene rings is 1. The highest BCUT2D eigenvalue weighted by molar-refractivity contribution is 5.91. The van der Waals surface area contributed by atoms with Crippen molar-refractivity contribution in [1.82, 2.24) is 4.90 Å². The maximum absolute atomic E-state index is 12.2. The molecule has 5 heteroatoms. The van der Waals surface area contributed by atoms with Gasteiger partial charge < -0.3 is 20.3 Å². The van der Waals surface area contributed by atoms with Crippen LogP contribution < -0.4 is 10.6 Å². The van der Waals surface area contributed by atoms with Crippen LogP contribution in [0.1, 0.15) is 18.4 Å². The van der Waals surface area contributed by atoms with Gasteiger partial charge in [-0.25, -0.2) is 0 Å². The van der Waals surface area contributed by atoms with Crippen LogP contribution in [0.15, 0.2) is 30.3 Å². The Labute approximate surface area is 137 Å². The average molecular weight is 315 g/mol. The van der Waals surface area contributed by atoms with Gasteiger partial charge in [0.15, 0.2) is 0 Å². The number of carbonyl (C=O) groups excluding carboxylic acids is 1. The van der Waals surface area contributed by atoms with Gasteiger partial charge in [-0.1, -0.05) is 12.1 Å². The molecule has 124 valence electrons. The van der Waals surface area contributed by atoms with Crippen molar-refractivity contribution in [2.24, 2.45) is 5.73 Å². The standard InChI is InChI=1S/C18H25N3O2/c19-16-2-1-9-21(14-16)18(22)8-5-15-3-6-17(7-4-15)20-10-12-23-13-11-20/h3-8,16H,1-2,9-14,19H2/b8-5+. The molecule has 2 fully saturated rings. The summed E-state index contributed by atoms with van der Waals surface area (Å²) in [6.07, 6.45) is 5.54. The number of morpholine rings is 1. The van der Waals surface area contributed by atoms with Crippen molar-refractivity contribution in [3.63, 3.8) is 0 Å². The maximum Gasteiger partial charge on any atom is 0.246 e. The Kier molecular flexibility index (Phi) is 5.31. The maximum atomic E-state index is 12.2. The number of ether oxygens (including phenoxy) is 1. The smallest absolute Gasteiger partial charge is 0.246 e. The number of hydrogen-bond acceptors (Lipinski definition) is 4. The fourth-order valence-corrected chi connectivity index (χ4v) is 3.10. The van der Waals surface area contributed by atoms with Crippen molar-refractivity contribution in [3.8, 4) is 0 Å². The van der Waals surface area contributed by atoms with Gasteiger partial charge in [-0.3, -0.25) is 4.79 Å². The Morgan fingerprint density at radius 2 is 1.91 bits per heavy atom. The number of piperidine rings is 1. The Morgan fingerprint density at radius 1 is 1.17 bits per heavy atom. The molecule has 1 unspecified atom stereocenters. The largest absolute Gasteiger partial charge is 0.378 e. The number of anilines is 1. The third-order valence-corrected chi connectivity index (χ3v) is 4.46. The lowest BCUT2D eigenvalue weighted by Gasteiger charge is -2.29. The van der Waals surface area contributed by atoms with Gasteiger partial charge in [0.1, 0.15) is 0 Å². The lowest BCUT2D eigenvalue weighted by molar-refractivity contribution is -0.127. The monoisotopic (exact) mass is 315 g/mol. The number of nitrogens with zero attached hydrogens (tertiary/aromatic N) is 2. The summed E-state index contributed by atoms with van der Waals surface area (Å²) < 4.78 is 5.37. The predicted octanol–water partition coefficient (Wildman–Crippen LogP) is 1.49. The second-order valence-corrected chi connectivity index (χ2v) is 6.21. The summed E-state index contributed by atoms with van der Waals surface area (Å²) >= 11 is 0. The van der Waals surface area contributed by atoms with Crippen molar-refractivity contribution in [1.29, 1.82) is 0 Å². The second kappa shape index (κ2) is 7.62. The summed E-state index contributed by atoms with van der Waals surface area (Å²) in [7, 11) is 0. The molecule has 2 aliphatic rings. The molecule has 0 aliphatic carbocycles. The van der Waals surface area contributed by atoms with Crippen LogP contribution in [-0.4, -0.2) is 56.2 Å². The predicted molar refractivity (Wildman–Crippen MR) is 92.3 cm³/mol. The van der Waals surface area contributed by atoms with E-state index in [4.69, 9.17) is 10.5 Å². The van der Waals surface area contributed by atoms with Gasteiger partial charge in [0, 0.05) is 44.0 Å². The number of carbonyl (C=O) groups is 1. The Bertz CT molecular complexity index is 550. The Hall–Kier alpha value is -1.85. The summed E-state index contributed by atoms with van der Waals surface area (Å²) in [6.45, 7) is 4.92. The summed E-state index contributed by atoms with van der Waals surface area (Å²) in [5.41, 5.74) is 8.17. The van der Waals surface area contributed by atoms with Gasteiger partial charge in [-0.15, -0.1) is 0 Å². The van der Waals surface area contributed by atoms with Gasteiger partial charge in [0.25, 0.3) is 0 Å². The van der Waals surface area contributed by atoms with E-state index in [-0.39, 0.29) is 11.9 Å². The van der Waals surface area contributed by atoms with Crippen molar-refractivity contribution in [3.05, 3.63) is 35.9 Å². The van der Waals surface area contributed by atoms with E-state index in [9.17, 15) is 4.79 Å². The summed E-state index contributed by atoms with van der Waals surface area (Å²) in [6, 6.07) is 8.43. The Morgan fingerprint density at radius 3 is 2.61 bits per heavy atom. The van der Waals surface area contributed by atoms with Crippen molar-refractivity contribution < 1.29 is 9.53 Å². The highest BCUT2D eigenvalue weighted by Gasteiger charge is 2.19. The van der Waals surface area contributed by atoms with E-state index in [1.165, 1.54) is 5.69 Å². The topological polar surface area (TPSA) is 58.8 Å². The fourth-order valence-electron chi connectivity index (χ4n) is 3.10. The number of amides is 1. The number of likely N-dealkylation sites (tertiary alicyclic amines) is 1. The number of rotatable bonds is 3. The lowest BCUT2D eigenvalue weighted by Crippen LogP contribution is -2.45. The van der Waals surface area contributed by atoms with E-state index in [1.807, 2.05) is 11.0 Å². The van der Waals surface area contributed by atoms with Crippen LogP contribution in [0.3, 0.4) is 0 Å². The molecule has 0 aromatic heterocycles. The molecule has 0 radical (unpaired) electrons. The molecule has 2 heterocycles. The van der Waals surface area contributed by atoms with E-state index in [0.717, 1.165) is 51.3 Å². The van der Waals surface area contributed by atoms with Crippen LogP contribution in [0, 0.1) is 0 Å². The molecule has 0 bridgehead atoms. The fraction of sp³-hybridized carbons (Fsp3) is 0.500. The van der Waals surface area contributed by atoms with E-state index < -0.39 is 0 Å². The van der Waals surface area contributed by atoms with Gasteiger partial charge in [-0.2, -0.15) is 0 Å². The summed E-state index contributed by atoms with van der Waals surface area (Å²) in [5.74, 6) is 0.0532. The molecule has 1 amide bonds. The summed E-state index contributed by atoms with van der Waals surface area (Å²) in [4.78, 5) is 16.3. The van der Waals surface area contributed by atoms with Crippen LogP contribution in [-0.2, 0) is 9.53 Å². The molecule has 3 rings (SSSR count). The zero-order valence-corrected chi connectivity index (χ0v) is 13.5. The van der Waals surface area contributed by atoms with Gasteiger partial charge in [0.2, 0.25) is 5.91 Å². The Balaban J connectivity index is 1.57. The first-order valence-electron chi connectivity index (χ1n) is 8.38. The van der Waals surface area contributed by atoms with Gasteiger partial charge in [0.05, 0.1) is 13.2 Å².